The van der Waals surface area contributed by atoms with Crippen molar-refractivity contribution in [2.75, 3.05) is 0 Å². The van der Waals surface area contributed by atoms with Crippen LogP contribution in [0.5, 0.6) is 0 Å². The fourth-order valence-corrected chi connectivity index (χ4v) is 1.22. The summed E-state index contributed by atoms with van der Waals surface area (Å²) >= 11 is 5.02. The zero-order chi connectivity index (χ0) is 8.43. The zero-order valence-corrected chi connectivity index (χ0v) is 7.90. The molecule has 0 atom stereocenters. The van der Waals surface area contributed by atoms with E-state index in [0.717, 1.165) is 12.1 Å². The minimum absolute atomic E-state index is 0.660. The van der Waals surface area contributed by atoms with Gasteiger partial charge in [-0.1, -0.05) is 6.92 Å². The number of aromatic nitrogens is 2. The van der Waals surface area contributed by atoms with E-state index < -0.39 is 0 Å². The number of nitrogens with zero attached hydrogens (tertiary/aromatic N) is 2. The molecule has 0 fully saturated rings. The van der Waals surface area contributed by atoms with Crippen LogP contribution < -0.4 is 0 Å². The summed E-state index contributed by atoms with van der Waals surface area (Å²) in [5, 5.41) is 0. The lowest BCUT2D eigenvalue weighted by Crippen LogP contribution is -2.01. The third-order valence-electron chi connectivity index (χ3n) is 1.71. The standard InChI is InChI=1S/C8H12N2S/c1-4-7-6(2)5-10(3)8(11)9-7/h5H,4H2,1-3H3. The minimum atomic E-state index is 0.660. The van der Waals surface area contributed by atoms with Gasteiger partial charge in [-0.25, -0.2) is 4.98 Å². The summed E-state index contributed by atoms with van der Waals surface area (Å²) in [4.78, 5) is 4.27. The third-order valence-corrected chi connectivity index (χ3v) is 2.09. The van der Waals surface area contributed by atoms with Crippen LogP contribution in [-0.2, 0) is 13.5 Å². The molecule has 0 saturated heterocycles. The molecule has 0 saturated carbocycles. The Bertz CT molecular complexity index is 314. The predicted molar refractivity (Wildman–Crippen MR) is 48.2 cm³/mol. The summed E-state index contributed by atoms with van der Waals surface area (Å²) in [6, 6.07) is 0. The molecule has 1 aromatic heterocycles. The first kappa shape index (κ1) is 8.40. The second-order valence-corrected chi connectivity index (χ2v) is 2.98. The van der Waals surface area contributed by atoms with Gasteiger partial charge in [-0.15, -0.1) is 0 Å². The van der Waals surface area contributed by atoms with Crippen molar-refractivity contribution in [1.82, 2.24) is 9.55 Å². The highest BCUT2D eigenvalue weighted by Crippen LogP contribution is 2.03. The highest BCUT2D eigenvalue weighted by molar-refractivity contribution is 7.71. The van der Waals surface area contributed by atoms with Gasteiger partial charge in [0, 0.05) is 18.9 Å². The van der Waals surface area contributed by atoms with Gasteiger partial charge in [0.05, 0.1) is 0 Å². The van der Waals surface area contributed by atoms with Crippen LogP contribution in [0.4, 0.5) is 0 Å². The number of hydrogen-bond donors (Lipinski definition) is 0. The summed E-state index contributed by atoms with van der Waals surface area (Å²) in [5.74, 6) is 0. The van der Waals surface area contributed by atoms with Crippen molar-refractivity contribution >= 4 is 12.2 Å². The van der Waals surface area contributed by atoms with E-state index in [1.807, 2.05) is 17.8 Å². The van der Waals surface area contributed by atoms with Crippen LogP contribution >= 0.6 is 12.2 Å². The smallest absolute Gasteiger partial charge is 0.199 e. The molecule has 11 heavy (non-hydrogen) atoms. The van der Waals surface area contributed by atoms with Crippen molar-refractivity contribution in [3.05, 3.63) is 22.2 Å². The molecule has 0 aliphatic rings. The molecule has 0 unspecified atom stereocenters. The van der Waals surface area contributed by atoms with Crippen LogP contribution in [0.15, 0.2) is 6.20 Å². The van der Waals surface area contributed by atoms with Gasteiger partial charge < -0.3 is 4.57 Å². The number of hydrogen-bond acceptors (Lipinski definition) is 2. The van der Waals surface area contributed by atoms with Crippen LogP contribution in [0.2, 0.25) is 0 Å². The van der Waals surface area contributed by atoms with Gasteiger partial charge in [0.25, 0.3) is 0 Å². The van der Waals surface area contributed by atoms with Gasteiger partial charge in [0.15, 0.2) is 4.77 Å². The van der Waals surface area contributed by atoms with E-state index in [1.54, 1.807) is 0 Å². The van der Waals surface area contributed by atoms with Gasteiger partial charge in [-0.3, -0.25) is 0 Å². The third kappa shape index (κ3) is 1.66. The second-order valence-electron chi connectivity index (χ2n) is 2.62. The Morgan fingerprint density at radius 3 is 2.82 bits per heavy atom. The highest BCUT2D eigenvalue weighted by Gasteiger charge is 1.97. The molecule has 0 N–H and O–H groups in total. The van der Waals surface area contributed by atoms with Gasteiger partial charge in [-0.2, -0.15) is 0 Å². The zero-order valence-electron chi connectivity index (χ0n) is 7.09. The summed E-state index contributed by atoms with van der Waals surface area (Å²) in [6.45, 7) is 4.14. The Morgan fingerprint density at radius 2 is 2.27 bits per heavy atom. The molecule has 0 aromatic carbocycles. The van der Waals surface area contributed by atoms with E-state index in [4.69, 9.17) is 12.2 Å². The van der Waals surface area contributed by atoms with Gasteiger partial charge in [0.2, 0.25) is 0 Å². The molecule has 0 amide bonds. The highest BCUT2D eigenvalue weighted by atomic mass is 32.1. The lowest BCUT2D eigenvalue weighted by Gasteiger charge is -2.04. The summed E-state index contributed by atoms with van der Waals surface area (Å²) in [5.41, 5.74) is 2.32. The average Bonchev–Trinajstić information content (AvgIpc) is 1.97. The Morgan fingerprint density at radius 1 is 1.64 bits per heavy atom. The molecule has 1 aromatic rings. The van der Waals surface area contributed by atoms with Crippen molar-refractivity contribution in [1.29, 1.82) is 0 Å². The Labute approximate surface area is 71.9 Å². The molecule has 2 nitrogen and oxygen atoms in total. The van der Waals surface area contributed by atoms with Crippen LogP contribution in [0.1, 0.15) is 18.2 Å². The first-order valence-corrected chi connectivity index (χ1v) is 4.09. The van der Waals surface area contributed by atoms with Crippen LogP contribution in [-0.4, -0.2) is 9.55 Å². The molecule has 60 valence electrons. The van der Waals surface area contributed by atoms with Gasteiger partial charge in [0.1, 0.15) is 0 Å². The summed E-state index contributed by atoms with van der Waals surface area (Å²) in [7, 11) is 1.92. The average molecular weight is 168 g/mol. The molecule has 0 radical (unpaired) electrons. The lowest BCUT2D eigenvalue weighted by atomic mass is 10.2. The van der Waals surface area contributed by atoms with E-state index in [1.165, 1.54) is 5.56 Å². The molecular formula is C8H12N2S. The minimum Gasteiger partial charge on any atom is -0.327 e. The van der Waals surface area contributed by atoms with Gasteiger partial charge >= 0.3 is 0 Å². The first-order chi connectivity index (χ1) is 5.15. The second kappa shape index (κ2) is 3.13. The fourth-order valence-electron chi connectivity index (χ4n) is 1.06. The number of aryl methyl sites for hydroxylation is 3. The van der Waals surface area contributed by atoms with Crippen molar-refractivity contribution < 1.29 is 0 Å². The monoisotopic (exact) mass is 168 g/mol. The van der Waals surface area contributed by atoms with Crippen LogP contribution in [0.3, 0.4) is 0 Å². The van der Waals surface area contributed by atoms with E-state index >= 15 is 0 Å². The largest absolute Gasteiger partial charge is 0.327 e. The SMILES string of the molecule is CCc1nc(=S)n(C)cc1C. The van der Waals surface area contributed by atoms with Crippen molar-refractivity contribution in [2.45, 2.75) is 20.3 Å². The number of rotatable bonds is 1. The molecule has 0 aliphatic heterocycles. The molecular weight excluding hydrogens is 156 g/mol. The normalized spacial score (nSPS) is 10.1. The topological polar surface area (TPSA) is 17.8 Å². The van der Waals surface area contributed by atoms with Gasteiger partial charge in [-0.05, 0) is 31.1 Å². The quantitative estimate of drug-likeness (QED) is 0.597. The predicted octanol–water partition coefficient (Wildman–Crippen LogP) is 2.02. The van der Waals surface area contributed by atoms with Crippen LogP contribution in [0, 0.1) is 11.7 Å². The molecule has 0 bridgehead atoms. The fraction of sp³-hybridized carbons (Fsp3) is 0.500. The molecule has 1 heterocycles. The molecule has 3 heteroatoms. The van der Waals surface area contributed by atoms with Crippen molar-refractivity contribution in [3.8, 4) is 0 Å². The van der Waals surface area contributed by atoms with E-state index in [9.17, 15) is 0 Å². The van der Waals surface area contributed by atoms with Crippen molar-refractivity contribution in [3.63, 3.8) is 0 Å². The Hall–Kier alpha value is -0.700. The Balaban J connectivity index is 3.32. The van der Waals surface area contributed by atoms with E-state index in [0.29, 0.717) is 4.77 Å². The molecule has 1 rings (SSSR count). The van der Waals surface area contributed by atoms with Crippen LogP contribution in [0.25, 0.3) is 0 Å². The maximum absolute atomic E-state index is 5.02. The van der Waals surface area contributed by atoms with Crippen molar-refractivity contribution in [2.24, 2.45) is 7.05 Å². The maximum atomic E-state index is 5.02. The van der Waals surface area contributed by atoms with E-state index in [-0.39, 0.29) is 0 Å². The molecule has 0 spiro atoms. The van der Waals surface area contributed by atoms with E-state index in [2.05, 4.69) is 18.8 Å². The lowest BCUT2D eigenvalue weighted by molar-refractivity contribution is 0.805. The summed E-state index contributed by atoms with van der Waals surface area (Å²) in [6.07, 6.45) is 2.98. The summed E-state index contributed by atoms with van der Waals surface area (Å²) < 4.78 is 2.52. The molecule has 0 aliphatic carbocycles. The maximum Gasteiger partial charge on any atom is 0.199 e. The first-order valence-electron chi connectivity index (χ1n) is 3.68. The Kier molecular flexibility index (Phi) is 2.39.